The van der Waals surface area contributed by atoms with Gasteiger partial charge in [0.2, 0.25) is 0 Å². The van der Waals surface area contributed by atoms with E-state index in [0.29, 0.717) is 6.42 Å². The molecule has 0 saturated carbocycles. The van der Waals surface area contributed by atoms with Crippen molar-refractivity contribution in [3.8, 4) is 0 Å². The smallest absolute Gasteiger partial charge is 0.410 e. The molecule has 1 heterocycles. The number of aliphatic hydroxyl groups excluding tert-OH is 1. The van der Waals surface area contributed by atoms with E-state index < -0.39 is 23.8 Å². The molecule has 0 spiro atoms. The lowest BCUT2D eigenvalue weighted by Gasteiger charge is -2.34. The molecule has 1 N–H and O–H groups in total. The van der Waals surface area contributed by atoms with Crippen LogP contribution in [0.4, 0.5) is 4.79 Å². The molecule has 0 radical (unpaired) electrons. The van der Waals surface area contributed by atoms with E-state index in [9.17, 15) is 9.90 Å². The number of hydrogen-bond donors (Lipinski definition) is 1. The van der Waals surface area contributed by atoms with Crippen LogP contribution >= 0.6 is 0 Å². The summed E-state index contributed by atoms with van der Waals surface area (Å²) in [5, 5.41) is 13.1. The quantitative estimate of drug-likeness (QED) is 0.430. The minimum atomic E-state index is -0.674. The fourth-order valence-electron chi connectivity index (χ4n) is 1.68. The Morgan fingerprint density at radius 2 is 2.18 bits per heavy atom. The van der Waals surface area contributed by atoms with E-state index in [1.165, 1.54) is 4.90 Å². The van der Waals surface area contributed by atoms with Crippen molar-refractivity contribution < 1.29 is 14.6 Å². The van der Waals surface area contributed by atoms with Gasteiger partial charge in [0.1, 0.15) is 5.60 Å². The van der Waals surface area contributed by atoms with Gasteiger partial charge in [-0.05, 0) is 32.7 Å². The van der Waals surface area contributed by atoms with Crippen LogP contribution in [0, 0.1) is 0 Å². The minimum absolute atomic E-state index is 0.215. The second kappa shape index (κ2) is 5.25. The van der Waals surface area contributed by atoms with Crippen LogP contribution in [-0.4, -0.2) is 46.9 Å². The van der Waals surface area contributed by atoms with Gasteiger partial charge in [-0.2, -0.15) is 0 Å². The van der Waals surface area contributed by atoms with Crippen molar-refractivity contribution in [3.05, 3.63) is 10.4 Å². The molecule has 0 aromatic rings. The SMILES string of the molecule is CC(C)(C)OC(=O)N1C[C@H](O)C[C@@H](N=[N+]=[N-])C1. The van der Waals surface area contributed by atoms with Gasteiger partial charge in [0.25, 0.3) is 0 Å². The van der Waals surface area contributed by atoms with Gasteiger partial charge in [0, 0.05) is 18.0 Å². The second-order valence-electron chi connectivity index (χ2n) is 5.13. The van der Waals surface area contributed by atoms with Gasteiger partial charge >= 0.3 is 6.09 Å². The van der Waals surface area contributed by atoms with E-state index in [2.05, 4.69) is 10.0 Å². The van der Waals surface area contributed by atoms with Crippen LogP contribution in [0.2, 0.25) is 0 Å². The summed E-state index contributed by atoms with van der Waals surface area (Å²) in [4.78, 5) is 15.8. The van der Waals surface area contributed by atoms with Gasteiger partial charge in [-0.1, -0.05) is 5.11 Å². The topological polar surface area (TPSA) is 98.5 Å². The van der Waals surface area contributed by atoms with Gasteiger partial charge < -0.3 is 14.7 Å². The first-order valence-corrected chi connectivity index (χ1v) is 5.52. The maximum absolute atomic E-state index is 11.8. The Hall–Kier alpha value is -1.46. The summed E-state index contributed by atoms with van der Waals surface area (Å²) in [5.74, 6) is 0. The molecule has 1 amide bonds. The number of ether oxygens (including phenoxy) is 1. The molecule has 1 aliphatic rings. The third kappa shape index (κ3) is 4.50. The second-order valence-corrected chi connectivity index (χ2v) is 5.13. The van der Waals surface area contributed by atoms with Crippen molar-refractivity contribution in [2.45, 2.75) is 44.9 Å². The van der Waals surface area contributed by atoms with Crippen molar-refractivity contribution in [1.29, 1.82) is 0 Å². The summed E-state index contributed by atoms with van der Waals surface area (Å²) in [7, 11) is 0. The summed E-state index contributed by atoms with van der Waals surface area (Å²) >= 11 is 0. The van der Waals surface area contributed by atoms with Gasteiger partial charge in [-0.15, -0.1) is 0 Å². The Kier molecular flexibility index (Phi) is 4.20. The highest BCUT2D eigenvalue weighted by Gasteiger charge is 2.31. The molecule has 0 aliphatic carbocycles. The number of nitrogens with zero attached hydrogens (tertiary/aromatic N) is 4. The van der Waals surface area contributed by atoms with Crippen LogP contribution < -0.4 is 0 Å². The lowest BCUT2D eigenvalue weighted by atomic mass is 10.0. The van der Waals surface area contributed by atoms with Crippen molar-refractivity contribution in [1.82, 2.24) is 4.90 Å². The monoisotopic (exact) mass is 242 g/mol. The zero-order chi connectivity index (χ0) is 13.1. The summed E-state index contributed by atoms with van der Waals surface area (Å²) in [6, 6.07) is -0.392. The molecule has 1 saturated heterocycles. The molecule has 17 heavy (non-hydrogen) atoms. The fraction of sp³-hybridized carbons (Fsp3) is 0.900. The summed E-state index contributed by atoms with van der Waals surface area (Å²) in [5.41, 5.74) is 7.78. The summed E-state index contributed by atoms with van der Waals surface area (Å²) in [6.07, 6.45) is -0.787. The molecule has 0 unspecified atom stereocenters. The van der Waals surface area contributed by atoms with Gasteiger partial charge in [-0.25, -0.2) is 4.79 Å². The molecule has 0 bridgehead atoms. The standard InChI is InChI=1S/C10H18N4O3/c1-10(2,3)17-9(16)14-5-7(12-13-11)4-8(15)6-14/h7-8,15H,4-6H2,1-3H3/t7-,8-/m1/s1. The molecular formula is C10H18N4O3. The molecule has 0 aromatic carbocycles. The van der Waals surface area contributed by atoms with E-state index in [-0.39, 0.29) is 13.1 Å². The normalized spacial score (nSPS) is 25.1. The van der Waals surface area contributed by atoms with E-state index in [0.717, 1.165) is 0 Å². The number of carbonyl (C=O) groups is 1. The van der Waals surface area contributed by atoms with E-state index in [1.54, 1.807) is 20.8 Å². The Labute approximate surface area is 100.0 Å². The summed E-state index contributed by atoms with van der Waals surface area (Å²) < 4.78 is 5.19. The average Bonchev–Trinajstić information content (AvgIpc) is 2.14. The molecule has 1 fully saturated rings. The maximum atomic E-state index is 11.8. The maximum Gasteiger partial charge on any atom is 0.410 e. The van der Waals surface area contributed by atoms with E-state index in [1.807, 2.05) is 0 Å². The number of likely N-dealkylation sites (tertiary alicyclic amines) is 1. The van der Waals surface area contributed by atoms with Gasteiger partial charge in [0.15, 0.2) is 0 Å². The van der Waals surface area contributed by atoms with Gasteiger partial charge in [0.05, 0.1) is 12.1 Å². The molecule has 1 aliphatic heterocycles. The van der Waals surface area contributed by atoms with Crippen LogP contribution in [0.25, 0.3) is 10.4 Å². The Balaban J connectivity index is 2.64. The first kappa shape index (κ1) is 13.6. The largest absolute Gasteiger partial charge is 0.444 e. The number of carbonyl (C=O) groups excluding carboxylic acids is 1. The Morgan fingerprint density at radius 3 is 2.71 bits per heavy atom. The van der Waals surface area contributed by atoms with Crippen LogP contribution in [0.1, 0.15) is 27.2 Å². The average molecular weight is 242 g/mol. The van der Waals surface area contributed by atoms with Crippen LogP contribution in [-0.2, 0) is 4.74 Å². The number of hydrogen-bond acceptors (Lipinski definition) is 4. The Bertz CT molecular complexity index is 333. The first-order valence-electron chi connectivity index (χ1n) is 5.52. The number of azide groups is 1. The predicted molar refractivity (Wildman–Crippen MR) is 61.4 cm³/mol. The highest BCUT2D eigenvalue weighted by Crippen LogP contribution is 2.17. The third-order valence-corrected chi connectivity index (χ3v) is 2.27. The molecule has 7 nitrogen and oxygen atoms in total. The molecule has 0 aromatic heterocycles. The number of aliphatic hydroxyl groups is 1. The minimum Gasteiger partial charge on any atom is -0.444 e. The zero-order valence-electron chi connectivity index (χ0n) is 10.3. The predicted octanol–water partition coefficient (Wildman–Crippen LogP) is 1.67. The van der Waals surface area contributed by atoms with Crippen molar-refractivity contribution in [3.63, 3.8) is 0 Å². The molecule has 1 rings (SSSR count). The molecule has 96 valence electrons. The number of amides is 1. The van der Waals surface area contributed by atoms with Crippen LogP contribution in [0.5, 0.6) is 0 Å². The lowest BCUT2D eigenvalue weighted by Crippen LogP contribution is -2.49. The van der Waals surface area contributed by atoms with Crippen LogP contribution in [0.3, 0.4) is 0 Å². The summed E-state index contributed by atoms with van der Waals surface area (Å²) in [6.45, 7) is 5.82. The fourth-order valence-corrected chi connectivity index (χ4v) is 1.68. The van der Waals surface area contributed by atoms with Crippen molar-refractivity contribution >= 4 is 6.09 Å². The highest BCUT2D eigenvalue weighted by molar-refractivity contribution is 5.68. The number of rotatable bonds is 1. The van der Waals surface area contributed by atoms with Crippen LogP contribution in [0.15, 0.2) is 5.11 Å². The first-order chi connectivity index (χ1) is 7.81. The van der Waals surface area contributed by atoms with E-state index in [4.69, 9.17) is 10.3 Å². The zero-order valence-corrected chi connectivity index (χ0v) is 10.3. The lowest BCUT2D eigenvalue weighted by molar-refractivity contribution is 0.000533. The molecule has 7 heteroatoms. The van der Waals surface area contributed by atoms with Gasteiger partial charge in [-0.3, -0.25) is 0 Å². The van der Waals surface area contributed by atoms with Crippen molar-refractivity contribution in [2.75, 3.05) is 13.1 Å². The molecule has 2 atom stereocenters. The third-order valence-electron chi connectivity index (χ3n) is 2.27. The Morgan fingerprint density at radius 1 is 1.53 bits per heavy atom. The highest BCUT2D eigenvalue weighted by atomic mass is 16.6. The van der Waals surface area contributed by atoms with Crippen molar-refractivity contribution in [2.24, 2.45) is 5.11 Å². The van der Waals surface area contributed by atoms with E-state index >= 15 is 0 Å². The number of β-amino-alcohol motifs (C(OH)–C–C–N with tert-alkyl or cyclic N) is 1. The molecular weight excluding hydrogens is 224 g/mol. The number of piperidine rings is 1.